The van der Waals surface area contributed by atoms with Gasteiger partial charge in [0.2, 0.25) is 0 Å². The van der Waals surface area contributed by atoms with E-state index in [0.717, 1.165) is 16.8 Å². The van der Waals surface area contributed by atoms with Gasteiger partial charge < -0.3 is 9.64 Å². The number of ether oxygens (including phenoxy) is 1. The molecule has 7 heteroatoms. The van der Waals surface area contributed by atoms with Crippen LogP contribution in [0.3, 0.4) is 0 Å². The van der Waals surface area contributed by atoms with E-state index >= 15 is 0 Å². The first-order chi connectivity index (χ1) is 14.0. The molecule has 2 aromatic rings. The zero-order valence-electron chi connectivity index (χ0n) is 17.9. The second-order valence-electron chi connectivity index (χ2n) is 9.45. The number of carbonyl (C=O) groups is 2. The van der Waals surface area contributed by atoms with Crippen molar-refractivity contribution in [3.8, 4) is 0 Å². The maximum absolute atomic E-state index is 13.1. The number of amides is 2. The van der Waals surface area contributed by atoms with Gasteiger partial charge in [0.25, 0.3) is 5.91 Å². The zero-order valence-corrected chi connectivity index (χ0v) is 18.7. The third kappa shape index (κ3) is 3.54. The van der Waals surface area contributed by atoms with Crippen molar-refractivity contribution in [3.63, 3.8) is 0 Å². The Morgan fingerprint density at radius 3 is 2.57 bits per heavy atom. The third-order valence-corrected chi connectivity index (χ3v) is 5.88. The van der Waals surface area contributed by atoms with Crippen LogP contribution in [0.4, 0.5) is 10.5 Å². The molecule has 3 heterocycles. The Bertz CT molecular complexity index is 1020. The molecule has 2 aliphatic rings. The molecule has 0 saturated carbocycles. The lowest BCUT2D eigenvalue weighted by molar-refractivity contribution is 0.00817. The Labute approximate surface area is 181 Å². The van der Waals surface area contributed by atoms with E-state index in [1.54, 1.807) is 34.3 Å². The molecule has 1 fully saturated rings. The number of aromatic nitrogens is 1. The molecule has 0 unspecified atom stereocenters. The quantitative estimate of drug-likeness (QED) is 0.679. The predicted octanol–water partition coefficient (Wildman–Crippen LogP) is 4.96. The Kier molecular flexibility index (Phi) is 4.81. The number of likely N-dealkylation sites (tertiary alicyclic amines) is 1. The molecule has 0 bridgehead atoms. The van der Waals surface area contributed by atoms with Crippen LogP contribution in [0, 0.1) is 0 Å². The number of nitrogens with zero attached hydrogens (tertiary/aromatic N) is 3. The summed E-state index contributed by atoms with van der Waals surface area (Å²) in [5, 5.41) is 0.611. The van der Waals surface area contributed by atoms with Crippen LogP contribution in [-0.2, 0) is 10.3 Å². The molecule has 1 aromatic heterocycles. The summed E-state index contributed by atoms with van der Waals surface area (Å²) in [4.78, 5) is 33.2. The van der Waals surface area contributed by atoms with Crippen LogP contribution in [0.15, 0.2) is 36.7 Å². The van der Waals surface area contributed by atoms with Crippen LogP contribution in [0.5, 0.6) is 0 Å². The molecule has 2 amide bonds. The summed E-state index contributed by atoms with van der Waals surface area (Å²) in [6.45, 7) is 10.7. The number of carbonyl (C=O) groups excluding carboxylic acids is 2. The fourth-order valence-corrected chi connectivity index (χ4v) is 4.27. The average Bonchev–Trinajstić information content (AvgIpc) is 2.78. The minimum Gasteiger partial charge on any atom is -0.444 e. The monoisotopic (exact) mass is 427 g/mol. The van der Waals surface area contributed by atoms with E-state index in [1.165, 1.54) is 0 Å². The molecule has 0 atom stereocenters. The number of hydrogen-bond donors (Lipinski definition) is 0. The summed E-state index contributed by atoms with van der Waals surface area (Å²) in [6, 6.07) is 7.38. The van der Waals surface area contributed by atoms with Gasteiger partial charge in [0.1, 0.15) is 5.60 Å². The number of halogens is 1. The largest absolute Gasteiger partial charge is 0.444 e. The lowest BCUT2D eigenvalue weighted by Gasteiger charge is -2.40. The van der Waals surface area contributed by atoms with Gasteiger partial charge in [-0.05, 0) is 70.0 Å². The van der Waals surface area contributed by atoms with Gasteiger partial charge in [-0.25, -0.2) is 4.79 Å². The Balaban J connectivity index is 1.54. The average molecular weight is 428 g/mol. The van der Waals surface area contributed by atoms with Gasteiger partial charge in [-0.15, -0.1) is 0 Å². The van der Waals surface area contributed by atoms with Gasteiger partial charge in [-0.3, -0.25) is 14.7 Å². The number of fused-ring (bicyclic) bond motifs is 1. The molecule has 0 N–H and O–H groups in total. The lowest BCUT2D eigenvalue weighted by atomic mass is 9.91. The minimum atomic E-state index is -0.542. The summed E-state index contributed by atoms with van der Waals surface area (Å²) in [6.07, 6.45) is 3.21. The molecule has 30 heavy (non-hydrogen) atoms. The highest BCUT2D eigenvalue weighted by Crippen LogP contribution is 2.43. The van der Waals surface area contributed by atoms with Gasteiger partial charge in [0.15, 0.2) is 0 Å². The summed E-state index contributed by atoms with van der Waals surface area (Å²) >= 11 is 6.18. The highest BCUT2D eigenvalue weighted by Gasteiger charge is 2.44. The van der Waals surface area contributed by atoms with E-state index in [9.17, 15) is 9.59 Å². The minimum absolute atomic E-state index is 0.0605. The highest BCUT2D eigenvalue weighted by molar-refractivity contribution is 6.31. The van der Waals surface area contributed by atoms with Crippen molar-refractivity contribution in [2.24, 2.45) is 0 Å². The maximum Gasteiger partial charge on any atom is 0.410 e. The molecular formula is C23H26ClN3O3. The van der Waals surface area contributed by atoms with E-state index in [4.69, 9.17) is 16.3 Å². The predicted molar refractivity (Wildman–Crippen MR) is 116 cm³/mol. The standard InChI is InChI=1S/C23H26ClN3O3/c1-22(2,3)30-21(29)26-12-15(13-26)14-8-17(11-25-10-14)27-20(28)18-7-6-16(24)9-19(18)23(27,4)5/h6-11,15H,12-13H2,1-5H3. The first kappa shape index (κ1) is 20.7. The fourth-order valence-electron chi connectivity index (χ4n) is 4.10. The van der Waals surface area contributed by atoms with E-state index in [1.807, 2.05) is 46.8 Å². The van der Waals surface area contributed by atoms with Crippen LogP contribution in [-0.4, -0.2) is 40.6 Å². The molecule has 1 saturated heterocycles. The van der Waals surface area contributed by atoms with Crippen LogP contribution in [0.1, 0.15) is 62.0 Å². The van der Waals surface area contributed by atoms with Gasteiger partial charge >= 0.3 is 6.09 Å². The highest BCUT2D eigenvalue weighted by atomic mass is 35.5. The number of anilines is 1. The molecule has 4 rings (SSSR count). The van der Waals surface area contributed by atoms with Crippen LogP contribution in [0.25, 0.3) is 0 Å². The van der Waals surface area contributed by atoms with Crippen LogP contribution < -0.4 is 4.90 Å². The van der Waals surface area contributed by atoms with Gasteiger partial charge in [-0.2, -0.15) is 0 Å². The summed E-state index contributed by atoms with van der Waals surface area (Å²) < 4.78 is 5.43. The maximum atomic E-state index is 13.1. The van der Waals surface area contributed by atoms with Gasteiger partial charge in [0.05, 0.1) is 17.4 Å². The van der Waals surface area contributed by atoms with Crippen molar-refractivity contribution >= 4 is 29.3 Å². The van der Waals surface area contributed by atoms with Crippen LogP contribution >= 0.6 is 11.6 Å². The van der Waals surface area contributed by atoms with E-state index in [-0.39, 0.29) is 17.9 Å². The number of benzene rings is 1. The molecule has 0 aliphatic carbocycles. The zero-order chi connectivity index (χ0) is 21.8. The Morgan fingerprint density at radius 1 is 1.20 bits per heavy atom. The topological polar surface area (TPSA) is 62.7 Å². The first-order valence-corrected chi connectivity index (χ1v) is 10.4. The van der Waals surface area contributed by atoms with Crippen molar-refractivity contribution < 1.29 is 14.3 Å². The van der Waals surface area contributed by atoms with Gasteiger partial charge in [0, 0.05) is 35.8 Å². The second kappa shape index (κ2) is 6.98. The Morgan fingerprint density at radius 2 is 1.90 bits per heavy atom. The van der Waals surface area contributed by atoms with Gasteiger partial charge in [-0.1, -0.05) is 11.6 Å². The summed E-state index contributed by atoms with van der Waals surface area (Å²) in [7, 11) is 0. The van der Waals surface area contributed by atoms with Crippen molar-refractivity contribution in [2.45, 2.75) is 51.7 Å². The van der Waals surface area contributed by atoms with E-state index in [0.29, 0.717) is 23.7 Å². The van der Waals surface area contributed by atoms with E-state index < -0.39 is 11.1 Å². The first-order valence-electron chi connectivity index (χ1n) is 10.0. The second-order valence-corrected chi connectivity index (χ2v) is 9.88. The van der Waals surface area contributed by atoms with Crippen molar-refractivity contribution in [1.29, 1.82) is 0 Å². The summed E-state index contributed by atoms with van der Waals surface area (Å²) in [5.74, 6) is 0.109. The number of hydrogen-bond acceptors (Lipinski definition) is 4. The smallest absolute Gasteiger partial charge is 0.410 e. The lowest BCUT2D eigenvalue weighted by Crippen LogP contribution is -2.50. The molecule has 2 aliphatic heterocycles. The molecule has 158 valence electrons. The van der Waals surface area contributed by atoms with E-state index in [2.05, 4.69) is 4.98 Å². The molecular weight excluding hydrogens is 402 g/mol. The normalized spacial score (nSPS) is 18.3. The Hall–Kier alpha value is -2.60. The molecule has 0 radical (unpaired) electrons. The fraction of sp³-hybridized carbons (Fsp3) is 0.435. The number of rotatable bonds is 2. The summed E-state index contributed by atoms with van der Waals surface area (Å²) in [5.41, 5.74) is 2.26. The molecule has 1 aromatic carbocycles. The van der Waals surface area contributed by atoms with Crippen molar-refractivity contribution in [2.75, 3.05) is 18.0 Å². The van der Waals surface area contributed by atoms with Crippen molar-refractivity contribution in [3.05, 3.63) is 58.4 Å². The molecule has 6 nitrogen and oxygen atoms in total. The number of pyridine rings is 1. The van der Waals surface area contributed by atoms with Crippen molar-refractivity contribution in [1.82, 2.24) is 9.88 Å². The third-order valence-electron chi connectivity index (χ3n) is 5.64. The van der Waals surface area contributed by atoms with Crippen LogP contribution in [0.2, 0.25) is 5.02 Å². The molecule has 0 spiro atoms. The SMILES string of the molecule is CC(C)(C)OC(=O)N1CC(c2cncc(N3C(=O)c4ccc(Cl)cc4C3(C)C)c2)C1.